The number of rotatable bonds is 4. The van der Waals surface area contributed by atoms with Crippen LogP contribution in [0.25, 0.3) is 16.6 Å². The zero-order chi connectivity index (χ0) is 23.7. The third kappa shape index (κ3) is 3.87. The molecule has 1 fully saturated rings. The lowest BCUT2D eigenvalue weighted by atomic mass is 10.1. The summed E-state index contributed by atoms with van der Waals surface area (Å²) in [4.78, 5) is 34.5. The van der Waals surface area contributed by atoms with Gasteiger partial charge in [-0.15, -0.1) is 0 Å². The molecule has 0 atom stereocenters. The van der Waals surface area contributed by atoms with Crippen LogP contribution in [0.1, 0.15) is 10.4 Å². The summed E-state index contributed by atoms with van der Waals surface area (Å²) in [5.41, 5.74) is 1.79. The Morgan fingerprint density at radius 2 is 1.59 bits per heavy atom. The second-order valence-electron chi connectivity index (χ2n) is 8.04. The minimum atomic E-state index is -0.490. The van der Waals surface area contributed by atoms with Gasteiger partial charge in [-0.3, -0.25) is 4.79 Å². The smallest absolute Gasteiger partial charge is 0.337 e. The number of hydrogen-bond acceptors (Lipinski definition) is 6. The molecule has 1 aliphatic rings. The highest BCUT2D eigenvalue weighted by Crippen LogP contribution is 2.25. The van der Waals surface area contributed by atoms with Crippen molar-refractivity contribution in [1.82, 2.24) is 9.55 Å². The van der Waals surface area contributed by atoms with Gasteiger partial charge in [0.15, 0.2) is 0 Å². The number of halogens is 1. The van der Waals surface area contributed by atoms with Gasteiger partial charge in [0, 0.05) is 26.2 Å². The van der Waals surface area contributed by atoms with Crippen molar-refractivity contribution in [3.63, 3.8) is 0 Å². The van der Waals surface area contributed by atoms with Crippen molar-refractivity contribution in [2.24, 2.45) is 0 Å². The minimum Gasteiger partial charge on any atom is -0.465 e. The molecule has 0 aliphatic carbocycles. The van der Waals surface area contributed by atoms with E-state index in [4.69, 9.17) is 9.72 Å². The molecule has 0 N–H and O–H groups in total. The first-order valence-corrected chi connectivity index (χ1v) is 11.0. The highest BCUT2D eigenvalue weighted by molar-refractivity contribution is 5.94. The zero-order valence-electron chi connectivity index (χ0n) is 18.6. The van der Waals surface area contributed by atoms with Crippen LogP contribution in [0.15, 0.2) is 77.6 Å². The summed E-state index contributed by atoms with van der Waals surface area (Å²) in [6.45, 7) is 2.25. The van der Waals surface area contributed by atoms with Crippen LogP contribution in [-0.4, -0.2) is 48.8 Å². The van der Waals surface area contributed by atoms with E-state index in [9.17, 15) is 14.0 Å². The van der Waals surface area contributed by atoms with Crippen LogP contribution in [-0.2, 0) is 4.74 Å². The molecule has 4 aromatic rings. The van der Waals surface area contributed by atoms with E-state index < -0.39 is 5.97 Å². The maximum absolute atomic E-state index is 14.3. The molecule has 0 radical (unpaired) electrons. The van der Waals surface area contributed by atoms with Gasteiger partial charge in [0.1, 0.15) is 5.82 Å². The lowest BCUT2D eigenvalue weighted by Crippen LogP contribution is -2.48. The van der Waals surface area contributed by atoms with Crippen molar-refractivity contribution in [2.75, 3.05) is 43.1 Å². The maximum atomic E-state index is 14.3. The Morgan fingerprint density at radius 3 is 2.29 bits per heavy atom. The number of carbonyl (C=O) groups is 1. The van der Waals surface area contributed by atoms with Crippen molar-refractivity contribution in [1.29, 1.82) is 0 Å². The molecular weight excluding hydrogens is 435 g/mol. The van der Waals surface area contributed by atoms with Crippen molar-refractivity contribution >= 4 is 28.5 Å². The quantitative estimate of drug-likeness (QED) is 0.435. The predicted octanol–water partition coefficient (Wildman–Crippen LogP) is 3.64. The lowest BCUT2D eigenvalue weighted by Gasteiger charge is -2.37. The third-order valence-corrected chi connectivity index (χ3v) is 6.04. The van der Waals surface area contributed by atoms with Gasteiger partial charge in [-0.2, -0.15) is 0 Å². The number of esters is 1. The van der Waals surface area contributed by atoms with E-state index in [1.54, 1.807) is 34.9 Å². The van der Waals surface area contributed by atoms with Gasteiger partial charge in [-0.25, -0.2) is 18.7 Å². The van der Waals surface area contributed by atoms with Crippen molar-refractivity contribution < 1.29 is 13.9 Å². The summed E-state index contributed by atoms with van der Waals surface area (Å²) < 4.78 is 20.7. The Kier molecular flexibility index (Phi) is 5.71. The van der Waals surface area contributed by atoms with E-state index >= 15 is 0 Å². The summed E-state index contributed by atoms with van der Waals surface area (Å²) in [7, 11) is 1.31. The van der Waals surface area contributed by atoms with Crippen LogP contribution < -0.4 is 15.4 Å². The lowest BCUT2D eigenvalue weighted by molar-refractivity contribution is 0.0601. The Hall–Kier alpha value is -4.20. The van der Waals surface area contributed by atoms with Gasteiger partial charge < -0.3 is 14.5 Å². The van der Waals surface area contributed by atoms with E-state index in [0.717, 1.165) is 0 Å². The molecule has 1 aromatic heterocycles. The van der Waals surface area contributed by atoms with Crippen LogP contribution in [0.5, 0.6) is 0 Å². The minimum absolute atomic E-state index is 0.223. The Bertz CT molecular complexity index is 1410. The number of carbonyl (C=O) groups excluding carboxylic acids is 1. The third-order valence-electron chi connectivity index (χ3n) is 6.04. The molecule has 7 nitrogen and oxygen atoms in total. The van der Waals surface area contributed by atoms with Gasteiger partial charge in [0.25, 0.3) is 5.56 Å². The van der Waals surface area contributed by atoms with E-state index in [0.29, 0.717) is 60.0 Å². The van der Waals surface area contributed by atoms with Crippen LogP contribution in [0.2, 0.25) is 0 Å². The number of aromatic nitrogens is 2. The van der Waals surface area contributed by atoms with Crippen molar-refractivity contribution in [2.45, 2.75) is 0 Å². The average molecular weight is 458 g/mol. The highest BCUT2D eigenvalue weighted by Gasteiger charge is 2.24. The number of methoxy groups -OCH3 is 1. The largest absolute Gasteiger partial charge is 0.465 e. The number of benzene rings is 3. The monoisotopic (exact) mass is 458 g/mol. The number of fused-ring (bicyclic) bond motifs is 1. The van der Waals surface area contributed by atoms with Crippen LogP contribution >= 0.6 is 0 Å². The molecule has 1 saturated heterocycles. The molecule has 34 heavy (non-hydrogen) atoms. The molecule has 1 aliphatic heterocycles. The Balaban J connectivity index is 1.58. The summed E-state index contributed by atoms with van der Waals surface area (Å²) >= 11 is 0. The van der Waals surface area contributed by atoms with Crippen molar-refractivity contribution in [3.8, 4) is 5.69 Å². The fourth-order valence-electron chi connectivity index (χ4n) is 4.30. The van der Waals surface area contributed by atoms with Gasteiger partial charge in [-0.05, 0) is 42.5 Å². The first-order chi connectivity index (χ1) is 16.6. The molecule has 5 rings (SSSR count). The molecule has 0 amide bonds. The predicted molar refractivity (Wildman–Crippen MR) is 130 cm³/mol. The zero-order valence-corrected chi connectivity index (χ0v) is 18.6. The SMILES string of the molecule is COC(=O)c1ccc2c(=O)n(-c3ccccc3)c(N3CCN(c4ccccc4F)CC3)nc2c1. The topological polar surface area (TPSA) is 67.7 Å². The standard InChI is InChI=1S/C26H23FN4O3/c1-34-25(33)18-11-12-20-22(17-18)28-26(31(24(20)32)19-7-3-2-4-8-19)30-15-13-29(14-16-30)23-10-6-5-9-21(23)27/h2-12,17H,13-16H2,1H3. The van der Waals surface area contributed by atoms with E-state index in [1.165, 1.54) is 13.2 Å². The molecule has 172 valence electrons. The fourth-order valence-corrected chi connectivity index (χ4v) is 4.30. The second-order valence-corrected chi connectivity index (χ2v) is 8.04. The number of piperazine rings is 1. The van der Waals surface area contributed by atoms with Gasteiger partial charge in [0.2, 0.25) is 5.95 Å². The summed E-state index contributed by atoms with van der Waals surface area (Å²) in [6.07, 6.45) is 0. The van der Waals surface area contributed by atoms with Crippen LogP contribution in [0.3, 0.4) is 0 Å². The van der Waals surface area contributed by atoms with Gasteiger partial charge in [0.05, 0.1) is 35.0 Å². The van der Waals surface area contributed by atoms with Crippen LogP contribution in [0.4, 0.5) is 16.0 Å². The molecule has 0 spiro atoms. The first kappa shape index (κ1) is 21.6. The van der Waals surface area contributed by atoms with Crippen molar-refractivity contribution in [3.05, 3.63) is 94.5 Å². The highest BCUT2D eigenvalue weighted by atomic mass is 19.1. The summed E-state index contributed by atoms with van der Waals surface area (Å²) in [6, 6.07) is 20.8. The average Bonchev–Trinajstić information content (AvgIpc) is 2.88. The number of para-hydroxylation sites is 2. The fraction of sp³-hybridized carbons (Fsp3) is 0.192. The Labute approximate surface area is 195 Å². The van der Waals surface area contributed by atoms with Crippen LogP contribution in [0, 0.1) is 5.82 Å². The number of nitrogens with zero attached hydrogens (tertiary/aromatic N) is 4. The molecule has 0 bridgehead atoms. The molecule has 3 aromatic carbocycles. The number of ether oxygens (including phenoxy) is 1. The van der Waals surface area contributed by atoms with E-state index in [-0.39, 0.29) is 11.4 Å². The van der Waals surface area contributed by atoms with E-state index in [1.807, 2.05) is 46.2 Å². The van der Waals surface area contributed by atoms with Gasteiger partial charge >= 0.3 is 5.97 Å². The van der Waals surface area contributed by atoms with E-state index in [2.05, 4.69) is 0 Å². The second kappa shape index (κ2) is 8.97. The number of hydrogen-bond donors (Lipinski definition) is 0. The Morgan fingerprint density at radius 1 is 0.912 bits per heavy atom. The maximum Gasteiger partial charge on any atom is 0.337 e. The molecule has 2 heterocycles. The molecule has 8 heteroatoms. The van der Waals surface area contributed by atoms with Gasteiger partial charge in [-0.1, -0.05) is 30.3 Å². The summed E-state index contributed by atoms with van der Waals surface area (Å²) in [5.74, 6) is -0.258. The summed E-state index contributed by atoms with van der Waals surface area (Å²) in [5, 5.41) is 0.408. The molecule has 0 unspecified atom stereocenters. The number of anilines is 2. The first-order valence-electron chi connectivity index (χ1n) is 11.0. The normalized spacial score (nSPS) is 13.8. The molecular formula is C26H23FN4O3. The molecule has 0 saturated carbocycles.